The van der Waals surface area contributed by atoms with Crippen molar-refractivity contribution < 1.29 is 15.0 Å². The van der Waals surface area contributed by atoms with E-state index in [1.165, 1.54) is 30.0 Å². The first-order chi connectivity index (χ1) is 12.0. The fraction of sp³-hybridized carbons (Fsp3) is 0.176. The van der Waals surface area contributed by atoms with Crippen molar-refractivity contribution in [2.24, 2.45) is 0 Å². The minimum atomic E-state index is -0.323. The molecule has 2 aromatic carbocycles. The number of Topliss-reactive ketones (excluding diaryl/α,β-unsaturated/α-hetero) is 1. The molecule has 1 heterocycles. The van der Waals surface area contributed by atoms with Crippen LogP contribution < -0.4 is 0 Å². The molecule has 0 amide bonds. The molecule has 1 aromatic heterocycles. The van der Waals surface area contributed by atoms with Crippen molar-refractivity contribution >= 4 is 17.5 Å². The van der Waals surface area contributed by atoms with Gasteiger partial charge in [0.15, 0.2) is 17.3 Å². The van der Waals surface area contributed by atoms with Crippen molar-refractivity contribution in [3.05, 3.63) is 53.1 Å². The molecule has 0 spiro atoms. The summed E-state index contributed by atoms with van der Waals surface area (Å²) in [4.78, 5) is 12.3. The van der Waals surface area contributed by atoms with Crippen LogP contribution in [0.5, 0.6) is 11.5 Å². The van der Waals surface area contributed by atoms with Gasteiger partial charge in [-0.1, -0.05) is 23.9 Å². The quantitative estimate of drug-likeness (QED) is 0.412. The van der Waals surface area contributed by atoms with Gasteiger partial charge < -0.3 is 10.2 Å². The smallest absolute Gasteiger partial charge is 0.214 e. The van der Waals surface area contributed by atoms with Crippen LogP contribution in [0.4, 0.5) is 0 Å². The van der Waals surface area contributed by atoms with Crippen molar-refractivity contribution in [3.8, 4) is 17.2 Å². The van der Waals surface area contributed by atoms with E-state index in [9.17, 15) is 15.0 Å². The Labute approximate surface area is 148 Å². The molecule has 8 heteroatoms. The first kappa shape index (κ1) is 17.0. The lowest BCUT2D eigenvalue weighted by molar-refractivity contribution is 0.102. The molecular weight excluding hydrogens is 340 g/mol. The van der Waals surface area contributed by atoms with E-state index in [0.29, 0.717) is 10.7 Å². The SMILES string of the molecule is Cc1ccc(C)c(-n2nnnc2SCC(=O)c2ccc(O)c(O)c2)c1. The average Bonchev–Trinajstić information content (AvgIpc) is 3.05. The van der Waals surface area contributed by atoms with E-state index in [1.807, 2.05) is 32.0 Å². The highest BCUT2D eigenvalue weighted by Crippen LogP contribution is 2.27. The van der Waals surface area contributed by atoms with Gasteiger partial charge in [-0.3, -0.25) is 4.79 Å². The van der Waals surface area contributed by atoms with Crippen LogP contribution in [0, 0.1) is 13.8 Å². The molecule has 7 nitrogen and oxygen atoms in total. The maximum Gasteiger partial charge on any atom is 0.214 e. The van der Waals surface area contributed by atoms with E-state index < -0.39 is 0 Å². The Kier molecular flexibility index (Phi) is 4.71. The summed E-state index contributed by atoms with van der Waals surface area (Å²) < 4.78 is 1.61. The van der Waals surface area contributed by atoms with Gasteiger partial charge in [-0.15, -0.1) is 5.10 Å². The predicted molar refractivity (Wildman–Crippen MR) is 93.5 cm³/mol. The lowest BCUT2D eigenvalue weighted by Crippen LogP contribution is -2.06. The number of hydrogen-bond donors (Lipinski definition) is 2. The lowest BCUT2D eigenvalue weighted by Gasteiger charge is -2.08. The topological polar surface area (TPSA) is 101 Å². The molecule has 3 rings (SSSR count). The third kappa shape index (κ3) is 3.63. The Morgan fingerprint density at radius 2 is 1.92 bits per heavy atom. The number of carbonyl (C=O) groups is 1. The summed E-state index contributed by atoms with van der Waals surface area (Å²) >= 11 is 1.21. The number of hydrogen-bond acceptors (Lipinski definition) is 7. The van der Waals surface area contributed by atoms with E-state index in [2.05, 4.69) is 15.5 Å². The second-order valence-corrected chi connectivity index (χ2v) is 6.52. The van der Waals surface area contributed by atoms with Gasteiger partial charge in [0.1, 0.15) is 0 Å². The Morgan fingerprint density at radius 3 is 2.68 bits per heavy atom. The number of nitrogens with zero attached hydrogens (tertiary/aromatic N) is 4. The van der Waals surface area contributed by atoms with E-state index in [0.717, 1.165) is 16.8 Å². The first-order valence-electron chi connectivity index (χ1n) is 7.49. The summed E-state index contributed by atoms with van der Waals surface area (Å²) in [5.74, 6) is -0.676. The van der Waals surface area contributed by atoms with Crippen LogP contribution in [0.25, 0.3) is 5.69 Å². The van der Waals surface area contributed by atoms with Crippen LogP contribution in [-0.4, -0.2) is 42.0 Å². The van der Waals surface area contributed by atoms with Crippen LogP contribution in [0.1, 0.15) is 21.5 Å². The number of phenols is 2. The average molecular weight is 356 g/mol. The molecule has 0 unspecified atom stereocenters. The summed E-state index contributed by atoms with van der Waals surface area (Å²) in [6.45, 7) is 3.95. The number of rotatable bonds is 5. The fourth-order valence-corrected chi connectivity index (χ4v) is 3.06. The summed E-state index contributed by atoms with van der Waals surface area (Å²) in [5.41, 5.74) is 3.29. The third-order valence-corrected chi connectivity index (χ3v) is 4.58. The number of tetrazole rings is 1. The van der Waals surface area contributed by atoms with Gasteiger partial charge in [0.05, 0.1) is 11.4 Å². The molecule has 3 aromatic rings. The molecule has 0 saturated carbocycles. The normalized spacial score (nSPS) is 10.8. The van der Waals surface area contributed by atoms with Crippen molar-refractivity contribution in [3.63, 3.8) is 0 Å². The van der Waals surface area contributed by atoms with E-state index in [-0.39, 0.29) is 23.0 Å². The van der Waals surface area contributed by atoms with E-state index in [4.69, 9.17) is 0 Å². The molecule has 2 N–H and O–H groups in total. The largest absolute Gasteiger partial charge is 0.504 e. The maximum absolute atomic E-state index is 12.3. The van der Waals surface area contributed by atoms with Gasteiger partial charge in [0.25, 0.3) is 0 Å². The molecule has 0 aliphatic carbocycles. The Balaban J connectivity index is 1.78. The molecule has 0 atom stereocenters. The zero-order chi connectivity index (χ0) is 18.0. The van der Waals surface area contributed by atoms with Gasteiger partial charge in [0, 0.05) is 5.56 Å². The lowest BCUT2D eigenvalue weighted by atomic mass is 10.1. The number of aromatic hydroxyl groups is 2. The number of ketones is 1. The molecular formula is C17H16N4O3S. The first-order valence-corrected chi connectivity index (χ1v) is 8.48. The summed E-state index contributed by atoms with van der Waals surface area (Å²) in [5, 5.41) is 31.0. The van der Waals surface area contributed by atoms with Gasteiger partial charge >= 0.3 is 0 Å². The van der Waals surface area contributed by atoms with E-state index in [1.54, 1.807) is 4.68 Å². The second kappa shape index (κ2) is 6.94. The monoisotopic (exact) mass is 356 g/mol. The highest BCUT2D eigenvalue weighted by atomic mass is 32.2. The van der Waals surface area contributed by atoms with Crippen molar-refractivity contribution in [1.82, 2.24) is 20.2 Å². The van der Waals surface area contributed by atoms with Crippen LogP contribution in [0.3, 0.4) is 0 Å². The van der Waals surface area contributed by atoms with Gasteiger partial charge in [-0.2, -0.15) is 4.68 Å². The Morgan fingerprint density at radius 1 is 1.12 bits per heavy atom. The minimum Gasteiger partial charge on any atom is -0.504 e. The molecule has 0 fully saturated rings. The number of benzene rings is 2. The van der Waals surface area contributed by atoms with Crippen LogP contribution in [0.2, 0.25) is 0 Å². The number of thioether (sulfide) groups is 1. The maximum atomic E-state index is 12.3. The molecule has 25 heavy (non-hydrogen) atoms. The summed E-state index contributed by atoms with van der Waals surface area (Å²) in [6.07, 6.45) is 0. The minimum absolute atomic E-state index is 0.107. The molecule has 0 aliphatic rings. The fourth-order valence-electron chi connectivity index (χ4n) is 2.28. The Bertz CT molecular complexity index is 939. The van der Waals surface area contributed by atoms with Gasteiger partial charge in [0.2, 0.25) is 5.16 Å². The molecule has 128 valence electrons. The van der Waals surface area contributed by atoms with Gasteiger partial charge in [-0.05, 0) is 59.7 Å². The number of phenolic OH excluding ortho intramolecular Hbond substituents is 2. The molecule has 0 aliphatic heterocycles. The highest BCUT2D eigenvalue weighted by Gasteiger charge is 2.15. The van der Waals surface area contributed by atoms with Crippen molar-refractivity contribution in [2.75, 3.05) is 5.75 Å². The van der Waals surface area contributed by atoms with Gasteiger partial charge in [-0.25, -0.2) is 0 Å². The van der Waals surface area contributed by atoms with Crippen molar-refractivity contribution in [2.45, 2.75) is 19.0 Å². The molecule has 0 saturated heterocycles. The second-order valence-electron chi connectivity index (χ2n) is 5.58. The zero-order valence-corrected chi connectivity index (χ0v) is 14.5. The highest BCUT2D eigenvalue weighted by molar-refractivity contribution is 7.99. The molecule has 0 radical (unpaired) electrons. The molecule has 0 bridgehead atoms. The van der Waals surface area contributed by atoms with Crippen molar-refractivity contribution in [1.29, 1.82) is 0 Å². The predicted octanol–water partition coefficient (Wildman–Crippen LogP) is 2.67. The number of aromatic nitrogens is 4. The number of carbonyl (C=O) groups excluding carboxylic acids is 1. The van der Waals surface area contributed by atoms with Crippen LogP contribution in [-0.2, 0) is 0 Å². The Hall–Kier alpha value is -2.87. The standard InChI is InChI=1S/C17H16N4O3S/c1-10-3-4-11(2)13(7-10)21-17(18-19-20-21)25-9-16(24)12-5-6-14(22)15(23)8-12/h3-8,22-23H,9H2,1-2H3. The summed E-state index contributed by atoms with van der Waals surface area (Å²) in [6, 6.07) is 9.97. The van der Waals surface area contributed by atoms with Crippen LogP contribution >= 0.6 is 11.8 Å². The summed E-state index contributed by atoms with van der Waals surface area (Å²) in [7, 11) is 0. The number of aryl methyl sites for hydroxylation is 2. The third-order valence-electron chi connectivity index (χ3n) is 3.66. The zero-order valence-electron chi connectivity index (χ0n) is 13.7. The van der Waals surface area contributed by atoms with Crippen LogP contribution in [0.15, 0.2) is 41.6 Å². The van der Waals surface area contributed by atoms with E-state index >= 15 is 0 Å².